The Labute approximate surface area is 126 Å². The van der Waals surface area contributed by atoms with Gasteiger partial charge in [-0.25, -0.2) is 4.98 Å². The third-order valence-electron chi connectivity index (χ3n) is 3.69. The van der Waals surface area contributed by atoms with E-state index in [1.54, 1.807) is 17.1 Å². The van der Waals surface area contributed by atoms with Crippen molar-refractivity contribution >= 4 is 23.0 Å². The summed E-state index contributed by atoms with van der Waals surface area (Å²) in [6.45, 7) is 1.62. The number of nitro groups is 1. The molecule has 8 heteroatoms. The Hall–Kier alpha value is -2.15. The lowest BCUT2D eigenvalue weighted by Crippen LogP contribution is -2.33. The van der Waals surface area contributed by atoms with E-state index in [2.05, 4.69) is 15.0 Å². The van der Waals surface area contributed by atoms with Gasteiger partial charge >= 0.3 is 0 Å². The maximum Gasteiger partial charge on any atom is 0.271 e. The van der Waals surface area contributed by atoms with E-state index < -0.39 is 4.92 Å². The molecule has 2 heterocycles. The Balaban J connectivity index is 1.83. The molecule has 110 valence electrons. The minimum atomic E-state index is -0.438. The maximum absolute atomic E-state index is 10.8. The summed E-state index contributed by atoms with van der Waals surface area (Å²) in [7, 11) is 0. The topological polar surface area (TPSA) is 77.1 Å². The van der Waals surface area contributed by atoms with Gasteiger partial charge in [0.1, 0.15) is 12.7 Å². The van der Waals surface area contributed by atoms with E-state index in [-0.39, 0.29) is 11.7 Å². The minimum Gasteiger partial charge on any atom is -0.365 e. The lowest BCUT2D eigenvalue weighted by Gasteiger charge is -2.27. The summed E-state index contributed by atoms with van der Waals surface area (Å²) in [5.41, 5.74) is 0.848. The van der Waals surface area contributed by atoms with Crippen molar-refractivity contribution in [1.82, 2.24) is 14.8 Å². The summed E-state index contributed by atoms with van der Waals surface area (Å²) in [5, 5.41) is 15.3. The average Bonchev–Trinajstić information content (AvgIpc) is 3.11. The van der Waals surface area contributed by atoms with Crippen molar-refractivity contribution in [3.63, 3.8) is 0 Å². The van der Waals surface area contributed by atoms with Gasteiger partial charge in [0.05, 0.1) is 22.2 Å². The van der Waals surface area contributed by atoms with E-state index >= 15 is 0 Å². The van der Waals surface area contributed by atoms with Crippen molar-refractivity contribution in [2.24, 2.45) is 0 Å². The number of nitro benzene ring substituents is 1. The lowest BCUT2D eigenvalue weighted by atomic mass is 10.2. The van der Waals surface area contributed by atoms with Gasteiger partial charge in [0.2, 0.25) is 0 Å². The van der Waals surface area contributed by atoms with Crippen LogP contribution in [-0.2, 0) is 6.54 Å². The number of anilines is 1. The van der Waals surface area contributed by atoms with Gasteiger partial charge in [0.25, 0.3) is 5.69 Å². The zero-order valence-electron chi connectivity index (χ0n) is 11.2. The molecule has 0 spiro atoms. The third-order valence-corrected chi connectivity index (χ3v) is 4.00. The molecule has 0 bridgehead atoms. The summed E-state index contributed by atoms with van der Waals surface area (Å²) in [6, 6.07) is 4.89. The number of halogens is 1. The second-order valence-electron chi connectivity index (χ2n) is 5.00. The molecule has 3 rings (SSSR count). The van der Waals surface area contributed by atoms with Crippen LogP contribution in [0.1, 0.15) is 12.8 Å². The van der Waals surface area contributed by atoms with Crippen molar-refractivity contribution in [2.45, 2.75) is 25.4 Å². The zero-order valence-corrected chi connectivity index (χ0v) is 12.0. The van der Waals surface area contributed by atoms with Crippen LogP contribution in [0.2, 0.25) is 5.02 Å². The highest BCUT2D eigenvalue weighted by Crippen LogP contribution is 2.34. The van der Waals surface area contributed by atoms with Crippen molar-refractivity contribution in [3.8, 4) is 0 Å². The van der Waals surface area contributed by atoms with Gasteiger partial charge in [0.15, 0.2) is 0 Å². The van der Waals surface area contributed by atoms with Crippen LogP contribution in [0.25, 0.3) is 0 Å². The van der Waals surface area contributed by atoms with Crippen LogP contribution in [-0.4, -0.2) is 32.3 Å². The molecule has 1 fully saturated rings. The normalized spacial score (nSPS) is 18.1. The molecule has 0 aliphatic carbocycles. The highest BCUT2D eigenvalue weighted by atomic mass is 35.5. The van der Waals surface area contributed by atoms with Gasteiger partial charge in [-0.15, -0.1) is 0 Å². The van der Waals surface area contributed by atoms with Crippen molar-refractivity contribution < 1.29 is 4.92 Å². The first-order valence-electron chi connectivity index (χ1n) is 6.68. The number of hydrogen-bond acceptors (Lipinski definition) is 5. The third kappa shape index (κ3) is 2.82. The Bertz CT molecular complexity index is 646. The highest BCUT2D eigenvalue weighted by Gasteiger charge is 2.27. The summed E-state index contributed by atoms with van der Waals surface area (Å²) < 4.78 is 1.79. The molecule has 2 aromatic rings. The van der Waals surface area contributed by atoms with E-state index in [0.717, 1.165) is 31.6 Å². The molecule has 0 saturated carbocycles. The van der Waals surface area contributed by atoms with Gasteiger partial charge in [-0.2, -0.15) is 5.10 Å². The molecule has 1 atom stereocenters. The van der Waals surface area contributed by atoms with Crippen LogP contribution < -0.4 is 4.90 Å². The number of nitrogens with zero attached hydrogens (tertiary/aromatic N) is 5. The summed E-state index contributed by atoms with van der Waals surface area (Å²) >= 11 is 6.22. The predicted octanol–water partition coefficient (Wildman–Crippen LogP) is 2.51. The van der Waals surface area contributed by atoms with Crippen LogP contribution in [0.15, 0.2) is 30.9 Å². The largest absolute Gasteiger partial charge is 0.365 e. The molecule has 1 unspecified atom stereocenters. The molecule has 1 aromatic heterocycles. The van der Waals surface area contributed by atoms with Gasteiger partial charge in [-0.1, -0.05) is 11.6 Å². The van der Waals surface area contributed by atoms with Crippen molar-refractivity contribution in [3.05, 3.63) is 46.0 Å². The Morgan fingerprint density at radius 1 is 1.48 bits per heavy atom. The molecular formula is C13H14ClN5O2. The van der Waals surface area contributed by atoms with Crippen molar-refractivity contribution in [1.29, 1.82) is 0 Å². The SMILES string of the molecule is O=[N+]([O-])c1ccc(N2CCCC2Cn2cncn2)c(Cl)c1. The molecule has 1 aliphatic heterocycles. The van der Waals surface area contributed by atoms with E-state index in [9.17, 15) is 10.1 Å². The fourth-order valence-corrected chi connectivity index (χ4v) is 3.01. The van der Waals surface area contributed by atoms with E-state index in [4.69, 9.17) is 11.6 Å². The minimum absolute atomic E-state index is 0.00998. The summed E-state index contributed by atoms with van der Waals surface area (Å²) in [4.78, 5) is 16.5. The molecule has 21 heavy (non-hydrogen) atoms. The fraction of sp³-hybridized carbons (Fsp3) is 0.385. The second-order valence-corrected chi connectivity index (χ2v) is 5.41. The predicted molar refractivity (Wildman–Crippen MR) is 78.5 cm³/mol. The van der Waals surface area contributed by atoms with E-state index in [1.807, 2.05) is 0 Å². The molecule has 0 N–H and O–H groups in total. The van der Waals surface area contributed by atoms with Crippen LogP contribution in [0, 0.1) is 10.1 Å². The highest BCUT2D eigenvalue weighted by molar-refractivity contribution is 6.33. The first kappa shape index (κ1) is 13.8. The monoisotopic (exact) mass is 307 g/mol. The lowest BCUT2D eigenvalue weighted by molar-refractivity contribution is -0.384. The van der Waals surface area contributed by atoms with Crippen LogP contribution in [0.3, 0.4) is 0 Å². The Kier molecular flexibility index (Phi) is 3.74. The van der Waals surface area contributed by atoms with Crippen LogP contribution in [0.5, 0.6) is 0 Å². The quantitative estimate of drug-likeness (QED) is 0.640. The average molecular weight is 308 g/mol. The molecule has 1 aliphatic rings. The number of rotatable bonds is 4. The van der Waals surface area contributed by atoms with E-state index in [0.29, 0.717) is 5.02 Å². The Morgan fingerprint density at radius 3 is 3.00 bits per heavy atom. The summed E-state index contributed by atoms with van der Waals surface area (Å²) in [5.74, 6) is 0. The smallest absolute Gasteiger partial charge is 0.271 e. The number of aromatic nitrogens is 3. The molecule has 1 aromatic carbocycles. The van der Waals surface area contributed by atoms with Gasteiger partial charge in [-0.05, 0) is 18.9 Å². The van der Waals surface area contributed by atoms with Crippen molar-refractivity contribution in [2.75, 3.05) is 11.4 Å². The first-order valence-corrected chi connectivity index (χ1v) is 7.06. The van der Waals surface area contributed by atoms with Crippen LogP contribution >= 0.6 is 11.6 Å². The van der Waals surface area contributed by atoms with Crippen LogP contribution in [0.4, 0.5) is 11.4 Å². The Morgan fingerprint density at radius 2 is 2.33 bits per heavy atom. The molecule has 0 amide bonds. The number of non-ortho nitro benzene ring substituents is 1. The zero-order chi connectivity index (χ0) is 14.8. The number of benzene rings is 1. The molecule has 7 nitrogen and oxygen atoms in total. The fourth-order valence-electron chi connectivity index (χ4n) is 2.73. The second kappa shape index (κ2) is 5.69. The standard InChI is InChI=1S/C13H14ClN5O2/c14-12-6-10(19(20)21)3-4-13(12)18-5-1-2-11(18)7-17-9-15-8-16-17/h3-4,6,8-9,11H,1-2,5,7H2. The van der Waals surface area contributed by atoms with Gasteiger partial charge in [0, 0.05) is 24.7 Å². The van der Waals surface area contributed by atoms with Gasteiger partial charge in [-0.3, -0.25) is 14.8 Å². The summed E-state index contributed by atoms with van der Waals surface area (Å²) in [6.07, 6.45) is 5.30. The molecular weight excluding hydrogens is 294 g/mol. The maximum atomic E-state index is 10.8. The van der Waals surface area contributed by atoms with E-state index in [1.165, 1.54) is 18.5 Å². The number of hydrogen-bond donors (Lipinski definition) is 0. The molecule has 1 saturated heterocycles. The molecule has 0 radical (unpaired) electrons. The first-order chi connectivity index (χ1) is 10.1. The van der Waals surface area contributed by atoms with Gasteiger partial charge < -0.3 is 4.90 Å².